The van der Waals surface area contributed by atoms with E-state index in [1.807, 2.05) is 0 Å². The predicted molar refractivity (Wildman–Crippen MR) is 71.3 cm³/mol. The Morgan fingerprint density at radius 2 is 2.06 bits per heavy atom. The molecule has 0 aromatic carbocycles. The zero-order chi connectivity index (χ0) is 12.1. The molecule has 2 heterocycles. The summed E-state index contributed by atoms with van der Waals surface area (Å²) in [6.07, 6.45) is 5.19. The Morgan fingerprint density at radius 1 is 1.29 bits per heavy atom. The van der Waals surface area contributed by atoms with Gasteiger partial charge in [-0.3, -0.25) is 4.90 Å². The van der Waals surface area contributed by atoms with Crippen LogP contribution in [0.2, 0.25) is 0 Å². The summed E-state index contributed by atoms with van der Waals surface area (Å²) in [5.41, 5.74) is 0. The van der Waals surface area contributed by atoms with Crippen molar-refractivity contribution in [2.24, 2.45) is 5.92 Å². The fourth-order valence-electron chi connectivity index (χ4n) is 3.13. The van der Waals surface area contributed by atoms with Crippen molar-refractivity contribution in [1.82, 2.24) is 10.2 Å². The average Bonchev–Trinajstić information content (AvgIpc) is 2.90. The lowest BCUT2D eigenvalue weighted by Gasteiger charge is -2.37. The third kappa shape index (κ3) is 3.67. The lowest BCUT2D eigenvalue weighted by Crippen LogP contribution is -2.46. The van der Waals surface area contributed by atoms with Gasteiger partial charge in [0.25, 0.3) is 0 Å². The second-order valence-corrected chi connectivity index (χ2v) is 5.63. The van der Waals surface area contributed by atoms with E-state index >= 15 is 0 Å². The summed E-state index contributed by atoms with van der Waals surface area (Å²) >= 11 is 0. The largest absolute Gasteiger partial charge is 0.380 e. The fourth-order valence-corrected chi connectivity index (χ4v) is 3.13. The normalized spacial score (nSPS) is 29.6. The van der Waals surface area contributed by atoms with Crippen LogP contribution in [0, 0.1) is 5.92 Å². The molecule has 0 aliphatic carbocycles. The summed E-state index contributed by atoms with van der Waals surface area (Å²) in [6.45, 7) is 10.2. The van der Waals surface area contributed by atoms with Gasteiger partial charge in [0.1, 0.15) is 0 Å². The van der Waals surface area contributed by atoms with Gasteiger partial charge < -0.3 is 10.1 Å². The second-order valence-electron chi connectivity index (χ2n) is 5.63. The highest BCUT2D eigenvalue weighted by molar-refractivity contribution is 4.84. The maximum Gasteiger partial charge on any atom is 0.0622 e. The number of nitrogens with one attached hydrogen (secondary N) is 1. The maximum absolute atomic E-state index is 5.48. The zero-order valence-electron chi connectivity index (χ0n) is 11.5. The molecule has 2 rings (SSSR count). The van der Waals surface area contributed by atoms with Crippen LogP contribution in [0.5, 0.6) is 0 Å². The van der Waals surface area contributed by atoms with Gasteiger partial charge in [0, 0.05) is 18.7 Å². The van der Waals surface area contributed by atoms with Gasteiger partial charge in [-0.25, -0.2) is 0 Å². The fraction of sp³-hybridized carbons (Fsp3) is 1.00. The highest BCUT2D eigenvalue weighted by atomic mass is 16.5. The van der Waals surface area contributed by atoms with Gasteiger partial charge in [0.05, 0.1) is 6.61 Å². The van der Waals surface area contributed by atoms with E-state index in [9.17, 15) is 0 Å². The van der Waals surface area contributed by atoms with Crippen LogP contribution in [0.25, 0.3) is 0 Å². The highest BCUT2D eigenvalue weighted by Gasteiger charge is 2.29. The summed E-state index contributed by atoms with van der Waals surface area (Å²) in [5.74, 6) is 0.875. The van der Waals surface area contributed by atoms with Crippen molar-refractivity contribution in [3.8, 4) is 0 Å². The van der Waals surface area contributed by atoms with Crippen molar-refractivity contribution in [2.45, 2.75) is 51.6 Å². The molecule has 100 valence electrons. The molecule has 2 aliphatic heterocycles. The first-order valence-electron chi connectivity index (χ1n) is 7.36. The molecule has 1 N–H and O–H groups in total. The Kier molecular flexibility index (Phi) is 5.26. The molecule has 3 nitrogen and oxygen atoms in total. The van der Waals surface area contributed by atoms with Crippen molar-refractivity contribution >= 4 is 0 Å². The van der Waals surface area contributed by atoms with Gasteiger partial charge in [-0.1, -0.05) is 6.92 Å². The predicted octanol–water partition coefficient (Wildman–Crippen LogP) is 1.88. The van der Waals surface area contributed by atoms with Crippen LogP contribution >= 0.6 is 0 Å². The van der Waals surface area contributed by atoms with E-state index in [0.717, 1.165) is 31.7 Å². The molecule has 0 amide bonds. The van der Waals surface area contributed by atoms with E-state index in [0.29, 0.717) is 6.04 Å². The van der Waals surface area contributed by atoms with E-state index in [4.69, 9.17) is 4.74 Å². The molecule has 0 aromatic rings. The molecule has 0 saturated carbocycles. The number of hydrogen-bond acceptors (Lipinski definition) is 3. The van der Waals surface area contributed by atoms with Gasteiger partial charge in [-0.15, -0.1) is 0 Å². The number of ether oxygens (including phenoxy) is 1. The summed E-state index contributed by atoms with van der Waals surface area (Å²) in [6, 6.07) is 1.41. The first-order valence-corrected chi connectivity index (χ1v) is 7.36. The molecule has 2 saturated heterocycles. The van der Waals surface area contributed by atoms with Crippen molar-refractivity contribution < 1.29 is 4.74 Å². The third-order valence-electron chi connectivity index (χ3n) is 4.42. The lowest BCUT2D eigenvalue weighted by molar-refractivity contribution is 0.101. The van der Waals surface area contributed by atoms with E-state index < -0.39 is 0 Å². The van der Waals surface area contributed by atoms with Crippen LogP contribution in [0.4, 0.5) is 0 Å². The SMILES string of the molecule is CCCNC(C)C1CCN(C2CCOC2)CC1. The topological polar surface area (TPSA) is 24.5 Å². The summed E-state index contributed by atoms with van der Waals surface area (Å²) in [4.78, 5) is 2.65. The van der Waals surface area contributed by atoms with Gasteiger partial charge in [-0.05, 0) is 58.2 Å². The molecule has 0 radical (unpaired) electrons. The molecule has 17 heavy (non-hydrogen) atoms. The Morgan fingerprint density at radius 3 is 2.65 bits per heavy atom. The van der Waals surface area contributed by atoms with Gasteiger partial charge in [0.15, 0.2) is 0 Å². The number of hydrogen-bond donors (Lipinski definition) is 1. The van der Waals surface area contributed by atoms with Crippen LogP contribution in [0.3, 0.4) is 0 Å². The minimum Gasteiger partial charge on any atom is -0.380 e. The molecule has 0 bridgehead atoms. The van der Waals surface area contributed by atoms with Crippen LogP contribution in [-0.4, -0.2) is 49.8 Å². The van der Waals surface area contributed by atoms with Crippen LogP contribution in [0.1, 0.15) is 39.5 Å². The van der Waals surface area contributed by atoms with Gasteiger partial charge >= 0.3 is 0 Å². The first kappa shape index (κ1) is 13.3. The third-order valence-corrected chi connectivity index (χ3v) is 4.42. The number of piperidine rings is 1. The van der Waals surface area contributed by atoms with Crippen molar-refractivity contribution in [2.75, 3.05) is 32.8 Å². The summed E-state index contributed by atoms with van der Waals surface area (Å²) < 4.78 is 5.48. The monoisotopic (exact) mass is 240 g/mol. The van der Waals surface area contributed by atoms with E-state index in [1.165, 1.54) is 38.8 Å². The van der Waals surface area contributed by atoms with E-state index in [-0.39, 0.29) is 0 Å². The number of likely N-dealkylation sites (tertiary alicyclic amines) is 1. The highest BCUT2D eigenvalue weighted by Crippen LogP contribution is 2.24. The molecule has 3 heteroatoms. The number of nitrogens with zero attached hydrogens (tertiary/aromatic N) is 1. The number of rotatable bonds is 5. The molecule has 2 unspecified atom stereocenters. The Labute approximate surface area is 106 Å². The maximum atomic E-state index is 5.48. The quantitative estimate of drug-likeness (QED) is 0.794. The molecular formula is C14H28N2O. The van der Waals surface area contributed by atoms with Crippen molar-refractivity contribution in [3.05, 3.63) is 0 Å². The average molecular weight is 240 g/mol. The van der Waals surface area contributed by atoms with Crippen molar-refractivity contribution in [3.63, 3.8) is 0 Å². The second kappa shape index (κ2) is 6.72. The Balaban J connectivity index is 1.69. The summed E-state index contributed by atoms with van der Waals surface area (Å²) in [7, 11) is 0. The molecule has 2 fully saturated rings. The minimum atomic E-state index is 0.692. The van der Waals surface area contributed by atoms with Crippen LogP contribution in [0.15, 0.2) is 0 Å². The Hall–Kier alpha value is -0.120. The van der Waals surface area contributed by atoms with Gasteiger partial charge in [-0.2, -0.15) is 0 Å². The lowest BCUT2D eigenvalue weighted by atomic mass is 9.89. The smallest absolute Gasteiger partial charge is 0.0622 e. The molecule has 2 aliphatic rings. The molecule has 0 spiro atoms. The van der Waals surface area contributed by atoms with Crippen LogP contribution < -0.4 is 5.32 Å². The molecular weight excluding hydrogens is 212 g/mol. The van der Waals surface area contributed by atoms with E-state index in [1.54, 1.807) is 0 Å². The first-order chi connectivity index (χ1) is 8.31. The summed E-state index contributed by atoms with van der Waals surface area (Å²) in [5, 5.41) is 3.64. The van der Waals surface area contributed by atoms with Gasteiger partial charge in [0.2, 0.25) is 0 Å². The standard InChI is InChI=1S/C14H28N2O/c1-3-7-15-12(2)13-4-8-16(9-5-13)14-6-10-17-11-14/h12-15H,3-11H2,1-2H3. The van der Waals surface area contributed by atoms with E-state index in [2.05, 4.69) is 24.1 Å². The molecule has 2 atom stereocenters. The Bertz CT molecular complexity index is 208. The minimum absolute atomic E-state index is 0.692. The van der Waals surface area contributed by atoms with Crippen molar-refractivity contribution in [1.29, 1.82) is 0 Å². The van der Waals surface area contributed by atoms with Crippen LogP contribution in [-0.2, 0) is 4.74 Å². The molecule has 0 aromatic heterocycles. The zero-order valence-corrected chi connectivity index (χ0v) is 11.5.